The highest BCUT2D eigenvalue weighted by Crippen LogP contribution is 2.09. The van der Waals surface area contributed by atoms with Crippen molar-refractivity contribution >= 4 is 0 Å². The molecule has 14 heavy (non-hydrogen) atoms. The minimum atomic E-state index is -0.670. The fraction of sp³-hybridized carbons (Fsp3) is 0.333. The zero-order chi connectivity index (χ0) is 10.4. The van der Waals surface area contributed by atoms with Crippen LogP contribution >= 0.6 is 0 Å². The van der Waals surface area contributed by atoms with Crippen LogP contribution in [0.4, 0.5) is 0 Å². The smallest absolute Gasteiger partial charge is 0.140 e. The first-order valence-electron chi connectivity index (χ1n) is 4.56. The first-order chi connectivity index (χ1) is 6.70. The van der Waals surface area contributed by atoms with Crippen LogP contribution in [0.1, 0.15) is 11.7 Å². The molecular weight excluding hydrogens is 174 g/mol. The van der Waals surface area contributed by atoms with E-state index >= 15 is 0 Å². The number of benzene rings is 1. The summed E-state index contributed by atoms with van der Waals surface area (Å²) in [4.78, 5) is 1.96. The van der Waals surface area contributed by atoms with Crippen LogP contribution in [0.2, 0.25) is 0 Å². The average molecular weight is 189 g/mol. The lowest BCUT2D eigenvalue weighted by Crippen LogP contribution is -2.11. The molecule has 1 unspecified atom stereocenters. The summed E-state index contributed by atoms with van der Waals surface area (Å²) in [6.07, 6.45) is -0.670. The van der Waals surface area contributed by atoms with E-state index in [9.17, 15) is 5.11 Å². The van der Waals surface area contributed by atoms with Crippen molar-refractivity contribution in [1.82, 2.24) is 4.90 Å². The predicted octanol–water partition coefficient (Wildman–Crippen LogP) is 1.28. The fourth-order valence-corrected chi connectivity index (χ4v) is 1.02. The normalized spacial score (nSPS) is 12.0. The summed E-state index contributed by atoms with van der Waals surface area (Å²) in [7, 11) is 3.90. The van der Waals surface area contributed by atoms with Gasteiger partial charge in [0, 0.05) is 0 Å². The molecule has 0 saturated heterocycles. The number of aliphatic hydroxyl groups excluding tert-OH is 1. The van der Waals surface area contributed by atoms with Crippen LogP contribution in [0.15, 0.2) is 30.3 Å². The van der Waals surface area contributed by atoms with E-state index < -0.39 is 6.10 Å². The van der Waals surface area contributed by atoms with Crippen LogP contribution in [0.3, 0.4) is 0 Å². The topological polar surface area (TPSA) is 23.5 Å². The van der Waals surface area contributed by atoms with Gasteiger partial charge in [-0.2, -0.15) is 0 Å². The van der Waals surface area contributed by atoms with Crippen molar-refractivity contribution in [2.24, 2.45) is 0 Å². The Hall–Kier alpha value is -1.30. The molecule has 1 aromatic carbocycles. The number of hydrogen-bond acceptors (Lipinski definition) is 2. The number of nitrogens with zero attached hydrogens (tertiary/aromatic N) is 1. The van der Waals surface area contributed by atoms with Crippen molar-refractivity contribution in [2.45, 2.75) is 6.10 Å². The van der Waals surface area contributed by atoms with E-state index in [1.807, 2.05) is 49.3 Å². The Kier molecular flexibility index (Phi) is 4.18. The molecule has 0 heterocycles. The zero-order valence-corrected chi connectivity index (χ0v) is 8.57. The van der Waals surface area contributed by atoms with Crippen LogP contribution in [-0.2, 0) is 0 Å². The van der Waals surface area contributed by atoms with E-state index in [1.165, 1.54) is 0 Å². The average Bonchev–Trinajstić information content (AvgIpc) is 2.18. The third kappa shape index (κ3) is 3.61. The molecule has 1 aromatic rings. The molecule has 1 N–H and O–H groups in total. The van der Waals surface area contributed by atoms with Crippen LogP contribution in [0, 0.1) is 11.8 Å². The molecule has 0 spiro atoms. The summed E-state index contributed by atoms with van der Waals surface area (Å²) in [5, 5.41) is 9.64. The molecule has 0 aliphatic carbocycles. The van der Waals surface area contributed by atoms with Crippen molar-refractivity contribution in [3.05, 3.63) is 35.9 Å². The SMILES string of the molecule is CN(C)CC#CC(O)c1ccccc1. The summed E-state index contributed by atoms with van der Waals surface area (Å²) in [5.74, 6) is 5.70. The molecule has 0 bridgehead atoms. The van der Waals surface area contributed by atoms with Crippen LogP contribution in [0.5, 0.6) is 0 Å². The Morgan fingerprint density at radius 1 is 1.29 bits per heavy atom. The molecule has 2 nitrogen and oxygen atoms in total. The molecule has 0 radical (unpaired) electrons. The molecule has 0 fully saturated rings. The van der Waals surface area contributed by atoms with E-state index in [4.69, 9.17) is 0 Å². The van der Waals surface area contributed by atoms with Gasteiger partial charge in [0.15, 0.2) is 0 Å². The lowest BCUT2D eigenvalue weighted by molar-refractivity contribution is 0.238. The lowest BCUT2D eigenvalue weighted by Gasteiger charge is -2.04. The molecule has 2 heteroatoms. The van der Waals surface area contributed by atoms with Crippen molar-refractivity contribution < 1.29 is 5.11 Å². The third-order valence-corrected chi connectivity index (χ3v) is 1.75. The largest absolute Gasteiger partial charge is 0.376 e. The Labute approximate surface area is 85.2 Å². The second-order valence-electron chi connectivity index (χ2n) is 3.37. The van der Waals surface area contributed by atoms with Crippen molar-refractivity contribution in [1.29, 1.82) is 0 Å². The van der Waals surface area contributed by atoms with E-state index in [0.29, 0.717) is 6.54 Å². The molecule has 0 amide bonds. The third-order valence-electron chi connectivity index (χ3n) is 1.75. The molecule has 0 saturated carbocycles. The Morgan fingerprint density at radius 2 is 1.93 bits per heavy atom. The predicted molar refractivity (Wildman–Crippen MR) is 57.7 cm³/mol. The minimum absolute atomic E-state index is 0.670. The summed E-state index contributed by atoms with van der Waals surface area (Å²) >= 11 is 0. The van der Waals surface area contributed by atoms with E-state index in [2.05, 4.69) is 11.8 Å². The van der Waals surface area contributed by atoms with Gasteiger partial charge in [-0.3, -0.25) is 4.90 Å². The van der Waals surface area contributed by atoms with Gasteiger partial charge in [0.1, 0.15) is 6.10 Å². The monoisotopic (exact) mass is 189 g/mol. The maximum Gasteiger partial charge on any atom is 0.140 e. The van der Waals surface area contributed by atoms with E-state index in [1.54, 1.807) is 0 Å². The fourth-order valence-electron chi connectivity index (χ4n) is 1.02. The molecule has 74 valence electrons. The number of rotatable bonds is 2. The summed E-state index contributed by atoms with van der Waals surface area (Å²) in [6.45, 7) is 0.671. The second-order valence-corrected chi connectivity index (χ2v) is 3.37. The van der Waals surface area contributed by atoms with Gasteiger partial charge in [0.2, 0.25) is 0 Å². The van der Waals surface area contributed by atoms with Gasteiger partial charge >= 0.3 is 0 Å². The summed E-state index contributed by atoms with van der Waals surface area (Å²) in [5.41, 5.74) is 0.846. The first-order valence-corrected chi connectivity index (χ1v) is 4.56. The van der Waals surface area contributed by atoms with Gasteiger partial charge in [0.05, 0.1) is 6.54 Å². The molecule has 1 atom stereocenters. The highest BCUT2D eigenvalue weighted by atomic mass is 16.3. The maximum absolute atomic E-state index is 9.64. The quantitative estimate of drug-likeness (QED) is 0.708. The van der Waals surface area contributed by atoms with Crippen molar-refractivity contribution in [2.75, 3.05) is 20.6 Å². The second kappa shape index (κ2) is 5.43. The Balaban J connectivity index is 2.57. The van der Waals surface area contributed by atoms with Crippen molar-refractivity contribution in [3.8, 4) is 11.8 Å². The number of aliphatic hydroxyl groups is 1. The first kappa shape index (κ1) is 10.8. The molecule has 0 aromatic heterocycles. The van der Waals surface area contributed by atoms with Gasteiger partial charge in [0.25, 0.3) is 0 Å². The number of hydrogen-bond donors (Lipinski definition) is 1. The standard InChI is InChI=1S/C12H15NO/c1-13(2)10-6-9-12(14)11-7-4-3-5-8-11/h3-5,7-8,12,14H,10H2,1-2H3. The Bertz CT molecular complexity index is 321. The zero-order valence-electron chi connectivity index (χ0n) is 8.57. The highest BCUT2D eigenvalue weighted by molar-refractivity contribution is 5.24. The minimum Gasteiger partial charge on any atom is -0.376 e. The highest BCUT2D eigenvalue weighted by Gasteiger charge is 2.00. The molecular formula is C12H15NO. The van der Waals surface area contributed by atoms with E-state index in [-0.39, 0.29) is 0 Å². The Morgan fingerprint density at radius 3 is 2.50 bits per heavy atom. The molecule has 1 rings (SSSR count). The van der Waals surface area contributed by atoms with Crippen LogP contribution < -0.4 is 0 Å². The summed E-state index contributed by atoms with van der Waals surface area (Å²) in [6, 6.07) is 9.45. The van der Waals surface area contributed by atoms with E-state index in [0.717, 1.165) is 5.56 Å². The molecule has 0 aliphatic heterocycles. The van der Waals surface area contributed by atoms with Crippen LogP contribution in [0.25, 0.3) is 0 Å². The van der Waals surface area contributed by atoms with Gasteiger partial charge < -0.3 is 5.11 Å². The molecule has 0 aliphatic rings. The maximum atomic E-state index is 9.64. The van der Waals surface area contributed by atoms with Gasteiger partial charge in [-0.15, -0.1) is 0 Å². The van der Waals surface area contributed by atoms with Crippen molar-refractivity contribution in [3.63, 3.8) is 0 Å². The lowest BCUT2D eigenvalue weighted by atomic mass is 10.1. The van der Waals surface area contributed by atoms with Gasteiger partial charge in [-0.1, -0.05) is 42.2 Å². The van der Waals surface area contributed by atoms with Gasteiger partial charge in [-0.25, -0.2) is 0 Å². The van der Waals surface area contributed by atoms with Gasteiger partial charge in [-0.05, 0) is 19.7 Å². The summed E-state index contributed by atoms with van der Waals surface area (Å²) < 4.78 is 0. The van der Waals surface area contributed by atoms with Crippen LogP contribution in [-0.4, -0.2) is 30.6 Å².